The van der Waals surface area contributed by atoms with Gasteiger partial charge < -0.3 is 9.47 Å². The van der Waals surface area contributed by atoms with Gasteiger partial charge in [0.05, 0.1) is 40.8 Å². The highest BCUT2D eigenvalue weighted by Gasteiger charge is 2.24. The van der Waals surface area contributed by atoms with E-state index in [1.165, 1.54) is 6.07 Å². The molecule has 0 N–H and O–H groups in total. The average molecular weight is 447 g/mol. The number of ether oxygens (including phenoxy) is 2. The van der Waals surface area contributed by atoms with Crippen molar-refractivity contribution in [2.24, 2.45) is 0 Å². The maximum absolute atomic E-state index is 11.0. The first-order valence-electron chi connectivity index (χ1n) is 10.3. The predicted molar refractivity (Wildman–Crippen MR) is 121 cm³/mol. The van der Waals surface area contributed by atoms with Crippen molar-refractivity contribution in [3.05, 3.63) is 92.5 Å². The number of benzene rings is 3. The zero-order valence-electron chi connectivity index (χ0n) is 17.7. The summed E-state index contributed by atoms with van der Waals surface area (Å²) in [6.07, 6.45) is 2.35. The monoisotopic (exact) mass is 447 g/mol. The Morgan fingerprint density at radius 2 is 1.21 bits per heavy atom. The van der Waals surface area contributed by atoms with Crippen LogP contribution in [-0.2, 0) is 0 Å². The zero-order chi connectivity index (χ0) is 23.6. The minimum atomic E-state index is -0.792. The number of hydrogen-bond acceptors (Lipinski definition) is 7. The molecule has 0 aliphatic rings. The largest absolute Gasteiger partial charge is 0.494 e. The van der Waals surface area contributed by atoms with E-state index in [2.05, 4.69) is 6.07 Å². The van der Waals surface area contributed by atoms with E-state index < -0.39 is 21.2 Å². The van der Waals surface area contributed by atoms with Crippen molar-refractivity contribution in [1.82, 2.24) is 0 Å². The molecule has 0 atom stereocenters. The first-order valence-corrected chi connectivity index (χ1v) is 10.3. The van der Waals surface area contributed by atoms with E-state index in [1.54, 1.807) is 12.1 Å². The van der Waals surface area contributed by atoms with E-state index in [1.807, 2.05) is 36.4 Å². The second-order valence-electron chi connectivity index (χ2n) is 7.14. The van der Waals surface area contributed by atoms with Crippen molar-refractivity contribution in [2.75, 3.05) is 13.2 Å². The van der Waals surface area contributed by atoms with E-state index in [-0.39, 0.29) is 5.75 Å². The lowest BCUT2D eigenvalue weighted by atomic mass is 10.0. The normalized spacial score (nSPS) is 10.3. The van der Waals surface area contributed by atoms with E-state index >= 15 is 0 Å². The molecule has 0 fully saturated rings. The van der Waals surface area contributed by atoms with Crippen LogP contribution < -0.4 is 9.47 Å². The Morgan fingerprint density at radius 3 is 1.76 bits per heavy atom. The molecule has 0 saturated carbocycles. The summed E-state index contributed by atoms with van der Waals surface area (Å²) in [5.41, 5.74) is 1.54. The van der Waals surface area contributed by atoms with Gasteiger partial charge in [-0.05, 0) is 60.7 Å². The van der Waals surface area contributed by atoms with Crippen molar-refractivity contribution in [1.29, 1.82) is 5.26 Å². The van der Waals surface area contributed by atoms with E-state index in [4.69, 9.17) is 14.7 Å². The maximum atomic E-state index is 11.0. The van der Waals surface area contributed by atoms with Crippen molar-refractivity contribution < 1.29 is 19.3 Å². The number of hydrogen-bond donors (Lipinski definition) is 0. The molecule has 9 nitrogen and oxygen atoms in total. The van der Waals surface area contributed by atoms with Gasteiger partial charge in [-0.1, -0.05) is 24.3 Å². The van der Waals surface area contributed by atoms with Crippen molar-refractivity contribution in [3.8, 4) is 28.7 Å². The summed E-state index contributed by atoms with van der Waals surface area (Å²) < 4.78 is 11.2. The molecule has 0 spiro atoms. The van der Waals surface area contributed by atoms with Crippen LogP contribution in [0.4, 0.5) is 11.4 Å². The Hall–Kier alpha value is -4.45. The predicted octanol–water partition coefficient (Wildman–Crippen LogP) is 5.67. The highest BCUT2D eigenvalue weighted by Crippen LogP contribution is 2.30. The van der Waals surface area contributed by atoms with Gasteiger partial charge in [-0.15, -0.1) is 0 Å². The average Bonchev–Trinajstić information content (AvgIpc) is 2.83. The van der Waals surface area contributed by atoms with Crippen molar-refractivity contribution >= 4 is 11.4 Å². The summed E-state index contributed by atoms with van der Waals surface area (Å²) in [5, 5.41) is 30.7. The molecule has 0 aromatic heterocycles. The lowest BCUT2D eigenvalue weighted by molar-refractivity contribution is -0.422. The molecule has 33 heavy (non-hydrogen) atoms. The first-order chi connectivity index (χ1) is 16.0. The lowest BCUT2D eigenvalue weighted by Gasteiger charge is -2.08. The molecular formula is C24H21N3O6. The molecule has 0 radical (unpaired) electrons. The van der Waals surface area contributed by atoms with Gasteiger partial charge in [-0.3, -0.25) is 20.2 Å². The molecule has 0 aliphatic carbocycles. The SMILES string of the molecule is N#Cc1ccc(-c2ccc(OCCCCCOc3ccc([N+](=O)[O-])c([N+](=O)[O-])c3)cc2)cc1. The molecular weight excluding hydrogens is 426 g/mol. The molecule has 3 aromatic rings. The van der Waals surface area contributed by atoms with Gasteiger partial charge >= 0.3 is 11.4 Å². The molecule has 0 unspecified atom stereocenters. The maximum Gasteiger partial charge on any atom is 0.349 e. The molecule has 0 amide bonds. The van der Waals surface area contributed by atoms with Crippen molar-refractivity contribution in [2.45, 2.75) is 19.3 Å². The highest BCUT2D eigenvalue weighted by molar-refractivity contribution is 5.65. The molecule has 9 heteroatoms. The minimum Gasteiger partial charge on any atom is -0.494 e. The Labute approximate surface area is 190 Å². The number of rotatable bonds is 11. The van der Waals surface area contributed by atoms with Gasteiger partial charge in [-0.2, -0.15) is 5.26 Å². The number of nitro benzene ring substituents is 2. The third kappa shape index (κ3) is 6.51. The summed E-state index contributed by atoms with van der Waals surface area (Å²) in [7, 11) is 0. The van der Waals surface area contributed by atoms with Crippen LogP contribution in [0.2, 0.25) is 0 Å². The summed E-state index contributed by atoms with van der Waals surface area (Å²) in [6.45, 7) is 0.882. The molecule has 168 valence electrons. The molecule has 0 heterocycles. The van der Waals surface area contributed by atoms with Gasteiger partial charge in [-0.25, -0.2) is 0 Å². The van der Waals surface area contributed by atoms with E-state index in [0.717, 1.165) is 41.9 Å². The standard InChI is InChI=1S/C24H21N3O6/c25-17-18-4-6-19(7-5-18)20-8-10-21(11-9-20)32-14-2-1-3-15-33-22-12-13-23(26(28)29)24(16-22)27(30)31/h4-13,16H,1-3,14-15H2. The second kappa shape index (κ2) is 11.2. The fraction of sp³-hybridized carbons (Fsp3) is 0.208. The number of nitro groups is 2. The van der Waals surface area contributed by atoms with Gasteiger partial charge in [0.25, 0.3) is 0 Å². The molecule has 0 saturated heterocycles. The molecule has 3 rings (SSSR count). The quantitative estimate of drug-likeness (QED) is 0.210. The van der Waals surface area contributed by atoms with Gasteiger partial charge in [0.15, 0.2) is 0 Å². The summed E-state index contributed by atoms with van der Waals surface area (Å²) in [6, 6.07) is 20.7. The van der Waals surface area contributed by atoms with E-state index in [0.29, 0.717) is 25.2 Å². The summed E-state index contributed by atoms with van der Waals surface area (Å²) in [4.78, 5) is 20.2. The topological polar surface area (TPSA) is 129 Å². The van der Waals surface area contributed by atoms with Crippen LogP contribution in [0.5, 0.6) is 11.5 Å². The van der Waals surface area contributed by atoms with Crippen LogP contribution in [0, 0.1) is 31.6 Å². The third-order valence-corrected chi connectivity index (χ3v) is 4.87. The Morgan fingerprint density at radius 1 is 0.697 bits per heavy atom. The Kier molecular flexibility index (Phi) is 7.91. The Bertz CT molecular complexity index is 1150. The fourth-order valence-corrected chi connectivity index (χ4v) is 3.14. The minimum absolute atomic E-state index is 0.228. The van der Waals surface area contributed by atoms with Crippen LogP contribution in [-0.4, -0.2) is 23.1 Å². The highest BCUT2D eigenvalue weighted by atomic mass is 16.6. The summed E-state index contributed by atoms with van der Waals surface area (Å²) >= 11 is 0. The van der Waals surface area contributed by atoms with Crippen LogP contribution in [0.3, 0.4) is 0 Å². The number of unbranched alkanes of at least 4 members (excludes halogenated alkanes) is 2. The number of nitriles is 1. The lowest BCUT2D eigenvalue weighted by Crippen LogP contribution is -2.02. The third-order valence-electron chi connectivity index (χ3n) is 4.87. The van der Waals surface area contributed by atoms with Crippen LogP contribution in [0.1, 0.15) is 24.8 Å². The Balaban J connectivity index is 1.37. The second-order valence-corrected chi connectivity index (χ2v) is 7.14. The van der Waals surface area contributed by atoms with Crippen LogP contribution in [0.25, 0.3) is 11.1 Å². The number of nitrogens with zero attached hydrogens (tertiary/aromatic N) is 3. The van der Waals surface area contributed by atoms with Crippen molar-refractivity contribution in [3.63, 3.8) is 0 Å². The molecule has 3 aromatic carbocycles. The zero-order valence-corrected chi connectivity index (χ0v) is 17.7. The van der Waals surface area contributed by atoms with Gasteiger partial charge in [0, 0.05) is 6.07 Å². The van der Waals surface area contributed by atoms with Crippen LogP contribution in [0.15, 0.2) is 66.7 Å². The first kappa shape index (κ1) is 23.2. The van der Waals surface area contributed by atoms with Gasteiger partial charge in [0.1, 0.15) is 11.5 Å². The summed E-state index contributed by atoms with van der Waals surface area (Å²) in [5.74, 6) is 0.993. The molecule has 0 bridgehead atoms. The van der Waals surface area contributed by atoms with Gasteiger partial charge in [0.2, 0.25) is 0 Å². The smallest absolute Gasteiger partial charge is 0.349 e. The van der Waals surface area contributed by atoms with E-state index in [9.17, 15) is 20.2 Å². The molecule has 0 aliphatic heterocycles. The van der Waals surface area contributed by atoms with Crippen LogP contribution >= 0.6 is 0 Å². The fourth-order valence-electron chi connectivity index (χ4n) is 3.14.